The zero-order chi connectivity index (χ0) is 11.4. The molecule has 0 unspecified atom stereocenters. The number of hydrogen-bond donors (Lipinski definition) is 3. The minimum atomic E-state index is -1.01. The Morgan fingerprint density at radius 1 is 1.53 bits per heavy atom. The fraction of sp³-hybridized carbons (Fsp3) is 0.167. The molecule has 0 aromatic carbocycles. The zero-order valence-electron chi connectivity index (χ0n) is 7.67. The average Bonchev–Trinajstić information content (AvgIpc) is 2.20. The van der Waals surface area contributed by atoms with E-state index in [1.165, 1.54) is 7.05 Å². The van der Waals surface area contributed by atoms with E-state index in [1.54, 1.807) is 0 Å². The number of nitrogens with two attached hydrogens (primary N) is 1. The normalized spacial score (nSPS) is 10.5. The van der Waals surface area contributed by atoms with Crippen molar-refractivity contribution in [3.05, 3.63) is 5.69 Å². The molecule has 1 heterocycles. The summed E-state index contributed by atoms with van der Waals surface area (Å²) in [7, 11) is 1.34. The smallest absolute Gasteiger partial charge is 0.269 e. The highest BCUT2D eigenvalue weighted by Crippen LogP contribution is 2.25. The second-order valence-corrected chi connectivity index (χ2v) is 2.35. The second-order valence-electron chi connectivity index (χ2n) is 2.35. The summed E-state index contributed by atoms with van der Waals surface area (Å²) in [6.07, 6.45) is 0. The van der Waals surface area contributed by atoms with E-state index in [9.17, 15) is 9.90 Å². The lowest BCUT2D eigenvalue weighted by atomic mass is 10.2. The highest BCUT2D eigenvalue weighted by Gasteiger charge is 2.19. The highest BCUT2D eigenvalue weighted by molar-refractivity contribution is 6.44. The first-order valence-corrected chi connectivity index (χ1v) is 3.68. The number of aromatic nitrogens is 3. The summed E-state index contributed by atoms with van der Waals surface area (Å²) in [5, 5.41) is 33.1. The standard InChI is InChI=1S/C6H7N7O2/c1-9-10-4-3(2(7)5(8)14)11-13-12-6(4)15/h7H,1H3,(H2,8,14)(H,11,12,15)/b7-2?,10-9-. The molecule has 9 heteroatoms. The molecular formula is C6H7N7O2. The molecule has 0 radical (unpaired) electrons. The van der Waals surface area contributed by atoms with Crippen LogP contribution >= 0.6 is 0 Å². The molecule has 0 atom stereocenters. The number of hydrogen-bond acceptors (Lipinski definition) is 8. The van der Waals surface area contributed by atoms with Gasteiger partial charge < -0.3 is 10.8 Å². The maximum atomic E-state index is 10.7. The second kappa shape index (κ2) is 4.17. The number of azo groups is 1. The number of carbonyl (C=O) groups is 1. The Labute approximate surface area is 83.5 Å². The summed E-state index contributed by atoms with van der Waals surface area (Å²) in [6.45, 7) is 0. The first-order valence-electron chi connectivity index (χ1n) is 3.68. The van der Waals surface area contributed by atoms with E-state index in [-0.39, 0.29) is 11.4 Å². The average molecular weight is 209 g/mol. The number of aromatic hydroxyl groups is 1. The van der Waals surface area contributed by atoms with E-state index in [2.05, 4.69) is 25.6 Å². The molecule has 1 amide bonds. The van der Waals surface area contributed by atoms with Crippen molar-refractivity contribution in [1.82, 2.24) is 15.4 Å². The highest BCUT2D eigenvalue weighted by atomic mass is 16.3. The molecule has 0 aliphatic rings. The summed E-state index contributed by atoms with van der Waals surface area (Å²) in [4.78, 5) is 10.7. The van der Waals surface area contributed by atoms with Crippen LogP contribution in [-0.2, 0) is 4.79 Å². The predicted molar refractivity (Wildman–Crippen MR) is 48.0 cm³/mol. The van der Waals surface area contributed by atoms with Crippen LogP contribution in [-0.4, -0.2) is 39.2 Å². The quantitative estimate of drug-likeness (QED) is 0.437. The lowest BCUT2D eigenvalue weighted by Gasteiger charge is -2.01. The molecule has 1 aromatic heterocycles. The molecule has 78 valence electrons. The summed E-state index contributed by atoms with van der Waals surface area (Å²) >= 11 is 0. The Bertz CT molecular complexity index is 441. The van der Waals surface area contributed by atoms with E-state index in [1.807, 2.05) is 0 Å². The van der Waals surface area contributed by atoms with Crippen molar-refractivity contribution in [1.29, 1.82) is 5.41 Å². The molecule has 0 saturated carbocycles. The van der Waals surface area contributed by atoms with Crippen LogP contribution in [0.2, 0.25) is 0 Å². The largest absolute Gasteiger partial charge is 0.491 e. The SMILES string of the molecule is C/N=N\c1c(O)nnnc1C(=N)C(N)=O. The van der Waals surface area contributed by atoms with E-state index in [0.717, 1.165) is 0 Å². The van der Waals surface area contributed by atoms with Gasteiger partial charge in [-0.25, -0.2) is 0 Å². The molecule has 15 heavy (non-hydrogen) atoms. The maximum absolute atomic E-state index is 10.7. The molecular weight excluding hydrogens is 202 g/mol. The minimum absolute atomic E-state index is 0.212. The summed E-state index contributed by atoms with van der Waals surface area (Å²) in [5.41, 5.74) is 3.78. The Kier molecular flexibility index (Phi) is 2.96. The minimum Gasteiger partial charge on any atom is -0.491 e. The first-order chi connectivity index (χ1) is 7.07. The molecule has 0 aliphatic heterocycles. The Balaban J connectivity index is 3.35. The Morgan fingerprint density at radius 2 is 2.20 bits per heavy atom. The van der Waals surface area contributed by atoms with E-state index in [4.69, 9.17) is 11.1 Å². The third-order valence-electron chi connectivity index (χ3n) is 1.40. The van der Waals surface area contributed by atoms with Gasteiger partial charge in [-0.2, -0.15) is 5.11 Å². The zero-order valence-corrected chi connectivity index (χ0v) is 7.67. The molecule has 0 fully saturated rings. The number of primary amides is 1. The van der Waals surface area contributed by atoms with Crippen molar-refractivity contribution < 1.29 is 9.90 Å². The number of carbonyl (C=O) groups excluding carboxylic acids is 1. The van der Waals surface area contributed by atoms with Crippen LogP contribution in [0.4, 0.5) is 5.69 Å². The van der Waals surface area contributed by atoms with Crippen LogP contribution in [0.15, 0.2) is 10.2 Å². The third-order valence-corrected chi connectivity index (χ3v) is 1.40. The molecule has 9 nitrogen and oxygen atoms in total. The van der Waals surface area contributed by atoms with Crippen LogP contribution < -0.4 is 5.73 Å². The number of nitrogens with zero attached hydrogens (tertiary/aromatic N) is 5. The van der Waals surface area contributed by atoms with Crippen molar-refractivity contribution in [3.8, 4) is 5.88 Å². The summed E-state index contributed by atoms with van der Waals surface area (Å²) < 4.78 is 0. The monoisotopic (exact) mass is 209 g/mol. The van der Waals surface area contributed by atoms with E-state index < -0.39 is 17.5 Å². The summed E-state index contributed by atoms with van der Waals surface area (Å²) in [5.74, 6) is -1.58. The van der Waals surface area contributed by atoms with Crippen molar-refractivity contribution in [2.75, 3.05) is 7.05 Å². The van der Waals surface area contributed by atoms with Crippen molar-refractivity contribution in [2.24, 2.45) is 16.0 Å². The lowest BCUT2D eigenvalue weighted by Crippen LogP contribution is -2.24. The van der Waals surface area contributed by atoms with E-state index in [0.29, 0.717) is 0 Å². The van der Waals surface area contributed by atoms with Crippen molar-refractivity contribution in [2.45, 2.75) is 0 Å². The van der Waals surface area contributed by atoms with Gasteiger partial charge in [-0.1, -0.05) is 5.10 Å². The van der Waals surface area contributed by atoms with Crippen LogP contribution in [0, 0.1) is 5.41 Å². The fourth-order valence-electron chi connectivity index (χ4n) is 0.787. The Morgan fingerprint density at radius 3 is 2.73 bits per heavy atom. The molecule has 4 N–H and O–H groups in total. The predicted octanol–water partition coefficient (Wildman–Crippen LogP) is -0.856. The van der Waals surface area contributed by atoms with Crippen LogP contribution in [0.3, 0.4) is 0 Å². The van der Waals surface area contributed by atoms with Crippen LogP contribution in [0.1, 0.15) is 5.69 Å². The molecule has 0 bridgehead atoms. The van der Waals surface area contributed by atoms with Crippen LogP contribution in [0.25, 0.3) is 0 Å². The Hall–Kier alpha value is -2.45. The van der Waals surface area contributed by atoms with E-state index >= 15 is 0 Å². The molecule has 0 saturated heterocycles. The third kappa shape index (κ3) is 2.07. The van der Waals surface area contributed by atoms with Gasteiger partial charge >= 0.3 is 0 Å². The van der Waals surface area contributed by atoms with Gasteiger partial charge in [-0.15, -0.1) is 10.2 Å². The van der Waals surface area contributed by atoms with Gasteiger partial charge in [0.1, 0.15) is 5.71 Å². The van der Waals surface area contributed by atoms with Gasteiger partial charge in [0.05, 0.1) is 0 Å². The van der Waals surface area contributed by atoms with Crippen LogP contribution in [0.5, 0.6) is 5.88 Å². The molecule has 0 spiro atoms. The van der Waals surface area contributed by atoms with Gasteiger partial charge in [-0.3, -0.25) is 10.2 Å². The number of rotatable bonds is 3. The van der Waals surface area contributed by atoms with Gasteiger partial charge in [0.2, 0.25) is 0 Å². The topological polar surface area (TPSA) is 151 Å². The summed E-state index contributed by atoms with van der Waals surface area (Å²) in [6, 6.07) is 0. The number of amides is 1. The van der Waals surface area contributed by atoms with Crippen molar-refractivity contribution in [3.63, 3.8) is 0 Å². The van der Waals surface area contributed by atoms with Crippen molar-refractivity contribution >= 4 is 17.3 Å². The van der Waals surface area contributed by atoms with Gasteiger partial charge in [-0.05, 0) is 5.21 Å². The first kappa shape index (κ1) is 10.6. The molecule has 1 aromatic rings. The maximum Gasteiger partial charge on any atom is 0.269 e. The number of nitrogens with one attached hydrogen (secondary N) is 1. The lowest BCUT2D eigenvalue weighted by molar-refractivity contribution is -0.112. The van der Waals surface area contributed by atoms with Gasteiger partial charge in [0, 0.05) is 7.05 Å². The fourth-order valence-corrected chi connectivity index (χ4v) is 0.787. The van der Waals surface area contributed by atoms with Gasteiger partial charge in [0.25, 0.3) is 11.8 Å². The van der Waals surface area contributed by atoms with Gasteiger partial charge in [0.15, 0.2) is 11.4 Å². The molecule has 0 aliphatic carbocycles. The molecule has 1 rings (SSSR count).